The van der Waals surface area contributed by atoms with Crippen LogP contribution in [0.4, 0.5) is 5.69 Å². The lowest BCUT2D eigenvalue weighted by Gasteiger charge is -2.38. The number of nitrogens with one attached hydrogen (secondary N) is 1. The number of methoxy groups -OCH3 is 1. The second-order valence-corrected chi connectivity index (χ2v) is 6.67. The molecule has 1 atom stereocenters. The van der Waals surface area contributed by atoms with E-state index < -0.39 is 0 Å². The van der Waals surface area contributed by atoms with Crippen LogP contribution in [0.2, 0.25) is 0 Å². The van der Waals surface area contributed by atoms with Gasteiger partial charge in [-0.05, 0) is 44.3 Å². The van der Waals surface area contributed by atoms with Crippen LogP contribution in [0.3, 0.4) is 0 Å². The van der Waals surface area contributed by atoms with Crippen LogP contribution < -0.4 is 15.0 Å². The fraction of sp³-hybridized carbons (Fsp3) is 0.650. The Morgan fingerprint density at radius 1 is 1.15 bits per heavy atom. The van der Waals surface area contributed by atoms with Crippen molar-refractivity contribution in [2.24, 2.45) is 4.99 Å². The van der Waals surface area contributed by atoms with Crippen molar-refractivity contribution in [2.45, 2.75) is 26.8 Å². The number of anilines is 1. The Hall–Kier alpha value is -1.22. The van der Waals surface area contributed by atoms with E-state index in [2.05, 4.69) is 57.9 Å². The third kappa shape index (κ3) is 6.71. The predicted octanol–water partition coefficient (Wildman–Crippen LogP) is 2.74. The van der Waals surface area contributed by atoms with Crippen LogP contribution in [0, 0.1) is 0 Å². The Bertz CT molecular complexity index is 554. The van der Waals surface area contributed by atoms with Gasteiger partial charge in [0.05, 0.1) is 7.11 Å². The summed E-state index contributed by atoms with van der Waals surface area (Å²) in [5.41, 5.74) is 1.25. The number of guanidine groups is 1. The Kier molecular flexibility index (Phi) is 10.8. The molecular weight excluding hydrogens is 453 g/mol. The van der Waals surface area contributed by atoms with E-state index in [1.807, 2.05) is 19.2 Å². The molecule has 1 N–H and O–H groups in total. The van der Waals surface area contributed by atoms with Crippen molar-refractivity contribution in [1.82, 2.24) is 15.1 Å². The van der Waals surface area contributed by atoms with E-state index in [0.29, 0.717) is 6.04 Å². The first kappa shape index (κ1) is 23.8. The molecule has 0 radical (unpaired) electrons. The van der Waals surface area contributed by atoms with E-state index >= 15 is 0 Å². The minimum Gasteiger partial charge on any atom is -0.497 e. The number of nitrogens with zero attached hydrogens (tertiary/aromatic N) is 4. The van der Waals surface area contributed by atoms with Gasteiger partial charge in [0.25, 0.3) is 0 Å². The molecule has 1 saturated heterocycles. The fourth-order valence-corrected chi connectivity index (χ4v) is 3.52. The van der Waals surface area contributed by atoms with Crippen LogP contribution in [0.25, 0.3) is 0 Å². The number of aliphatic imine (C=N–C) groups is 1. The molecule has 1 aromatic rings. The highest BCUT2D eigenvalue weighted by atomic mass is 127. The molecule has 1 heterocycles. The maximum atomic E-state index is 5.24. The third-order valence-electron chi connectivity index (χ3n) is 5.22. The molecule has 0 bridgehead atoms. The number of piperazine rings is 1. The van der Waals surface area contributed by atoms with Gasteiger partial charge < -0.3 is 19.9 Å². The molecular formula is C20H36IN5O. The SMILES string of the molecule is CCN(CC)C(C)CNC(=NC)N1CCN(c2ccc(OC)cc2)CC1.I. The molecule has 7 heteroatoms. The zero-order chi connectivity index (χ0) is 18.9. The van der Waals surface area contributed by atoms with Gasteiger partial charge in [0.2, 0.25) is 0 Å². The van der Waals surface area contributed by atoms with Crippen molar-refractivity contribution in [3.63, 3.8) is 0 Å². The first-order valence-electron chi connectivity index (χ1n) is 9.71. The highest BCUT2D eigenvalue weighted by molar-refractivity contribution is 14.0. The summed E-state index contributed by atoms with van der Waals surface area (Å²) >= 11 is 0. The second kappa shape index (κ2) is 12.3. The standard InChI is InChI=1S/C20H35N5O.HI/c1-6-23(7-2)17(3)16-22-20(21-4)25-14-12-24(13-15-25)18-8-10-19(26-5)11-9-18;/h8-11,17H,6-7,12-16H2,1-5H3,(H,21,22);1H. The summed E-state index contributed by atoms with van der Waals surface area (Å²) in [4.78, 5) is 11.7. The van der Waals surface area contributed by atoms with Gasteiger partial charge >= 0.3 is 0 Å². The number of likely N-dealkylation sites (N-methyl/N-ethyl adjacent to an activating group) is 1. The third-order valence-corrected chi connectivity index (χ3v) is 5.22. The van der Waals surface area contributed by atoms with Crippen LogP contribution in [0.5, 0.6) is 5.75 Å². The number of hydrogen-bond acceptors (Lipinski definition) is 4. The fourth-order valence-electron chi connectivity index (χ4n) is 3.52. The number of hydrogen-bond donors (Lipinski definition) is 1. The van der Waals surface area contributed by atoms with Gasteiger partial charge in [0.1, 0.15) is 5.75 Å². The quantitative estimate of drug-likeness (QED) is 0.363. The highest BCUT2D eigenvalue weighted by Crippen LogP contribution is 2.20. The Morgan fingerprint density at radius 3 is 2.22 bits per heavy atom. The molecule has 6 nitrogen and oxygen atoms in total. The van der Waals surface area contributed by atoms with E-state index in [1.54, 1.807) is 7.11 Å². The average Bonchev–Trinajstić information content (AvgIpc) is 2.70. The van der Waals surface area contributed by atoms with Crippen molar-refractivity contribution < 1.29 is 4.74 Å². The number of halogens is 1. The Labute approximate surface area is 182 Å². The molecule has 1 unspecified atom stereocenters. The highest BCUT2D eigenvalue weighted by Gasteiger charge is 2.20. The Balaban J connectivity index is 0.00000364. The zero-order valence-corrected chi connectivity index (χ0v) is 19.8. The van der Waals surface area contributed by atoms with E-state index in [1.165, 1.54) is 5.69 Å². The van der Waals surface area contributed by atoms with E-state index in [0.717, 1.165) is 57.5 Å². The largest absolute Gasteiger partial charge is 0.497 e. The van der Waals surface area contributed by atoms with Gasteiger partial charge in [-0.15, -0.1) is 24.0 Å². The van der Waals surface area contributed by atoms with Gasteiger partial charge in [0.15, 0.2) is 5.96 Å². The lowest BCUT2D eigenvalue weighted by Crippen LogP contribution is -2.54. The molecule has 154 valence electrons. The topological polar surface area (TPSA) is 43.3 Å². The molecule has 0 aromatic heterocycles. The molecule has 0 aliphatic carbocycles. The summed E-state index contributed by atoms with van der Waals surface area (Å²) in [6.45, 7) is 13.7. The van der Waals surface area contributed by atoms with Crippen LogP contribution in [0.15, 0.2) is 29.3 Å². The van der Waals surface area contributed by atoms with Gasteiger partial charge in [-0.25, -0.2) is 0 Å². The summed E-state index contributed by atoms with van der Waals surface area (Å²) in [5, 5.41) is 3.56. The average molecular weight is 489 g/mol. The molecule has 1 aromatic carbocycles. The molecule has 0 spiro atoms. The number of ether oxygens (including phenoxy) is 1. The number of benzene rings is 1. The van der Waals surface area contributed by atoms with E-state index in [4.69, 9.17) is 4.74 Å². The van der Waals surface area contributed by atoms with Crippen LogP contribution in [-0.2, 0) is 0 Å². The maximum Gasteiger partial charge on any atom is 0.193 e. The summed E-state index contributed by atoms with van der Waals surface area (Å²) < 4.78 is 5.24. The van der Waals surface area contributed by atoms with Crippen molar-refractivity contribution >= 4 is 35.6 Å². The Morgan fingerprint density at radius 2 is 1.74 bits per heavy atom. The minimum atomic E-state index is 0. The molecule has 27 heavy (non-hydrogen) atoms. The zero-order valence-electron chi connectivity index (χ0n) is 17.4. The van der Waals surface area contributed by atoms with Crippen LogP contribution in [0.1, 0.15) is 20.8 Å². The van der Waals surface area contributed by atoms with Crippen molar-refractivity contribution in [2.75, 3.05) is 64.9 Å². The minimum absolute atomic E-state index is 0. The molecule has 2 rings (SSSR count). The van der Waals surface area contributed by atoms with Gasteiger partial charge in [-0.3, -0.25) is 9.89 Å². The molecule has 0 saturated carbocycles. The number of rotatable bonds is 7. The van der Waals surface area contributed by atoms with Gasteiger partial charge in [-0.1, -0.05) is 13.8 Å². The van der Waals surface area contributed by atoms with Crippen LogP contribution >= 0.6 is 24.0 Å². The molecule has 1 aliphatic rings. The smallest absolute Gasteiger partial charge is 0.193 e. The predicted molar refractivity (Wildman–Crippen MR) is 126 cm³/mol. The lowest BCUT2D eigenvalue weighted by atomic mass is 10.2. The van der Waals surface area contributed by atoms with Crippen molar-refractivity contribution in [3.8, 4) is 5.75 Å². The monoisotopic (exact) mass is 489 g/mol. The molecule has 1 aliphatic heterocycles. The summed E-state index contributed by atoms with van der Waals surface area (Å²) in [7, 11) is 3.58. The molecule has 0 amide bonds. The van der Waals surface area contributed by atoms with Gasteiger partial charge in [0, 0.05) is 51.5 Å². The lowest BCUT2D eigenvalue weighted by molar-refractivity contribution is 0.229. The van der Waals surface area contributed by atoms with Crippen molar-refractivity contribution in [1.29, 1.82) is 0 Å². The molecule has 1 fully saturated rings. The van der Waals surface area contributed by atoms with Crippen LogP contribution in [-0.4, -0.2) is 81.8 Å². The van der Waals surface area contributed by atoms with Gasteiger partial charge in [-0.2, -0.15) is 0 Å². The summed E-state index contributed by atoms with van der Waals surface area (Å²) in [6, 6.07) is 8.82. The maximum absolute atomic E-state index is 5.24. The van der Waals surface area contributed by atoms with Crippen molar-refractivity contribution in [3.05, 3.63) is 24.3 Å². The normalized spacial score (nSPS) is 16.1. The first-order valence-corrected chi connectivity index (χ1v) is 9.71. The van der Waals surface area contributed by atoms with E-state index in [9.17, 15) is 0 Å². The summed E-state index contributed by atoms with van der Waals surface area (Å²) in [6.07, 6.45) is 0. The summed E-state index contributed by atoms with van der Waals surface area (Å²) in [5.74, 6) is 1.91. The first-order chi connectivity index (χ1) is 12.6. The van der Waals surface area contributed by atoms with E-state index in [-0.39, 0.29) is 24.0 Å². The second-order valence-electron chi connectivity index (χ2n) is 6.67.